The maximum atomic E-state index is 14.4. The highest BCUT2D eigenvalue weighted by molar-refractivity contribution is 5.93. The van der Waals surface area contributed by atoms with Gasteiger partial charge in [0.1, 0.15) is 5.82 Å². The molecule has 1 saturated heterocycles. The molecule has 130 valence electrons. The van der Waals surface area contributed by atoms with Crippen LogP contribution >= 0.6 is 12.4 Å². The summed E-state index contributed by atoms with van der Waals surface area (Å²) in [6, 6.07) is 14.6. The van der Waals surface area contributed by atoms with Gasteiger partial charge in [-0.25, -0.2) is 14.4 Å². The van der Waals surface area contributed by atoms with Crippen LogP contribution in [0.5, 0.6) is 0 Å². The van der Waals surface area contributed by atoms with Crippen molar-refractivity contribution in [3.05, 3.63) is 54.3 Å². The molecular weight excluding hydrogens is 339 g/mol. The van der Waals surface area contributed by atoms with E-state index in [0.29, 0.717) is 17.2 Å². The molecule has 0 aliphatic carbocycles. The predicted octanol–water partition coefficient (Wildman–Crippen LogP) is 3.66. The quantitative estimate of drug-likeness (QED) is 0.759. The van der Waals surface area contributed by atoms with Crippen molar-refractivity contribution in [1.82, 2.24) is 15.3 Å². The van der Waals surface area contributed by atoms with E-state index in [-0.39, 0.29) is 18.2 Å². The Morgan fingerprint density at radius 3 is 2.60 bits per heavy atom. The number of benzene rings is 2. The van der Waals surface area contributed by atoms with Crippen LogP contribution in [0.25, 0.3) is 22.2 Å². The molecule has 0 saturated carbocycles. The largest absolute Gasteiger partial charge is 0.339 e. The first kappa shape index (κ1) is 17.6. The van der Waals surface area contributed by atoms with Crippen LogP contribution in [0, 0.1) is 5.82 Å². The first-order valence-corrected chi connectivity index (χ1v) is 8.30. The van der Waals surface area contributed by atoms with E-state index in [1.165, 1.54) is 6.07 Å². The Hall–Kier alpha value is -2.24. The van der Waals surface area contributed by atoms with Crippen molar-refractivity contribution in [2.75, 3.05) is 31.1 Å². The average Bonchev–Trinajstić information content (AvgIpc) is 2.91. The fourth-order valence-corrected chi connectivity index (χ4v) is 3.11. The fraction of sp³-hybridized carbons (Fsp3) is 0.263. The highest BCUT2D eigenvalue weighted by atomic mass is 35.5. The third kappa shape index (κ3) is 3.57. The second kappa shape index (κ2) is 7.76. The number of nitrogens with zero attached hydrogens (tertiary/aromatic N) is 3. The number of anilines is 1. The summed E-state index contributed by atoms with van der Waals surface area (Å²) in [5.74, 6) is 0.417. The predicted molar refractivity (Wildman–Crippen MR) is 102 cm³/mol. The summed E-state index contributed by atoms with van der Waals surface area (Å²) in [5, 5.41) is 4.26. The lowest BCUT2D eigenvalue weighted by Crippen LogP contribution is -2.29. The lowest BCUT2D eigenvalue weighted by molar-refractivity contribution is 0.631. The van der Waals surface area contributed by atoms with Gasteiger partial charge in [-0.05, 0) is 31.2 Å². The Morgan fingerprint density at radius 2 is 1.72 bits per heavy atom. The molecule has 4 rings (SSSR count). The Bertz CT molecular complexity index is 863. The molecule has 0 radical (unpaired) electrons. The molecule has 6 heteroatoms. The van der Waals surface area contributed by atoms with Gasteiger partial charge >= 0.3 is 0 Å². The summed E-state index contributed by atoms with van der Waals surface area (Å²) >= 11 is 0. The molecular formula is C19H20ClFN4. The van der Waals surface area contributed by atoms with E-state index >= 15 is 0 Å². The lowest BCUT2D eigenvalue weighted by Gasteiger charge is -2.21. The van der Waals surface area contributed by atoms with Crippen LogP contribution < -0.4 is 10.2 Å². The van der Waals surface area contributed by atoms with E-state index in [9.17, 15) is 4.39 Å². The van der Waals surface area contributed by atoms with Gasteiger partial charge in [0.15, 0.2) is 0 Å². The van der Waals surface area contributed by atoms with Crippen LogP contribution in [0.3, 0.4) is 0 Å². The van der Waals surface area contributed by atoms with Gasteiger partial charge in [-0.1, -0.05) is 30.3 Å². The van der Waals surface area contributed by atoms with Crippen molar-refractivity contribution in [3.8, 4) is 11.3 Å². The van der Waals surface area contributed by atoms with Crippen LogP contribution in [-0.2, 0) is 0 Å². The molecule has 1 fully saturated rings. The molecule has 0 unspecified atom stereocenters. The summed E-state index contributed by atoms with van der Waals surface area (Å²) in [6.07, 6.45) is 1.05. The van der Waals surface area contributed by atoms with Crippen LogP contribution in [0.15, 0.2) is 48.5 Å². The summed E-state index contributed by atoms with van der Waals surface area (Å²) in [5.41, 5.74) is 2.02. The Balaban J connectivity index is 0.00000182. The summed E-state index contributed by atoms with van der Waals surface area (Å²) in [7, 11) is 0. The number of rotatable bonds is 2. The molecule has 4 nitrogen and oxygen atoms in total. The van der Waals surface area contributed by atoms with Gasteiger partial charge in [0, 0.05) is 30.6 Å². The van der Waals surface area contributed by atoms with Crippen molar-refractivity contribution in [2.45, 2.75) is 6.42 Å². The maximum absolute atomic E-state index is 14.4. The second-order valence-electron chi connectivity index (χ2n) is 5.96. The van der Waals surface area contributed by atoms with Gasteiger partial charge in [-0.3, -0.25) is 0 Å². The van der Waals surface area contributed by atoms with Gasteiger partial charge in [-0.2, -0.15) is 0 Å². The van der Waals surface area contributed by atoms with Crippen LogP contribution in [0.4, 0.5) is 10.3 Å². The first-order chi connectivity index (χ1) is 11.8. The lowest BCUT2D eigenvalue weighted by atomic mass is 10.1. The van der Waals surface area contributed by atoms with E-state index in [2.05, 4.69) is 10.2 Å². The van der Waals surface area contributed by atoms with Crippen LogP contribution in [0.1, 0.15) is 6.42 Å². The number of halogens is 2. The summed E-state index contributed by atoms with van der Waals surface area (Å²) in [6.45, 7) is 3.67. The highest BCUT2D eigenvalue weighted by Gasteiger charge is 2.17. The van der Waals surface area contributed by atoms with E-state index < -0.39 is 0 Å². The topological polar surface area (TPSA) is 41.1 Å². The minimum Gasteiger partial charge on any atom is -0.339 e. The summed E-state index contributed by atoms with van der Waals surface area (Å²) in [4.78, 5) is 11.6. The first-order valence-electron chi connectivity index (χ1n) is 8.30. The number of para-hydroxylation sites is 1. The molecule has 0 atom stereocenters. The van der Waals surface area contributed by atoms with E-state index in [1.807, 2.05) is 30.3 Å². The maximum Gasteiger partial charge on any atom is 0.226 e. The van der Waals surface area contributed by atoms with E-state index in [1.54, 1.807) is 12.1 Å². The molecule has 1 N–H and O–H groups in total. The molecule has 0 spiro atoms. The summed E-state index contributed by atoms with van der Waals surface area (Å²) < 4.78 is 14.4. The van der Waals surface area contributed by atoms with Crippen molar-refractivity contribution in [1.29, 1.82) is 0 Å². The molecule has 0 bridgehead atoms. The Morgan fingerprint density at radius 1 is 0.920 bits per heavy atom. The minimum atomic E-state index is -0.259. The van der Waals surface area contributed by atoms with Crippen molar-refractivity contribution in [2.24, 2.45) is 0 Å². The highest BCUT2D eigenvalue weighted by Crippen LogP contribution is 2.30. The van der Waals surface area contributed by atoms with Gasteiger partial charge in [0.25, 0.3) is 0 Å². The molecule has 1 aromatic heterocycles. The van der Waals surface area contributed by atoms with Gasteiger partial charge in [0.2, 0.25) is 5.95 Å². The SMILES string of the molecule is Cl.Fc1ccccc1-c1nc(N2CCCNCC2)nc2ccccc12. The standard InChI is InChI=1S/C19H19FN4.ClH/c20-16-8-3-1-6-14(16)18-15-7-2-4-9-17(15)22-19(23-18)24-12-5-10-21-11-13-24;/h1-4,6-9,21H,5,10-13H2;1H. The number of aromatic nitrogens is 2. The normalized spacial score (nSPS) is 14.8. The molecule has 2 heterocycles. The van der Waals surface area contributed by atoms with Crippen molar-refractivity contribution < 1.29 is 4.39 Å². The smallest absolute Gasteiger partial charge is 0.226 e. The third-order valence-electron chi connectivity index (χ3n) is 4.34. The third-order valence-corrected chi connectivity index (χ3v) is 4.34. The number of nitrogens with one attached hydrogen (secondary N) is 1. The number of hydrogen-bond donors (Lipinski definition) is 1. The zero-order valence-electron chi connectivity index (χ0n) is 13.8. The van der Waals surface area contributed by atoms with Crippen LogP contribution in [0.2, 0.25) is 0 Å². The number of hydrogen-bond acceptors (Lipinski definition) is 4. The molecule has 1 aliphatic heterocycles. The fourth-order valence-electron chi connectivity index (χ4n) is 3.11. The molecule has 25 heavy (non-hydrogen) atoms. The van der Waals surface area contributed by atoms with E-state index in [0.717, 1.165) is 43.5 Å². The zero-order chi connectivity index (χ0) is 16.4. The molecule has 3 aromatic rings. The van der Waals surface area contributed by atoms with E-state index in [4.69, 9.17) is 9.97 Å². The Labute approximate surface area is 152 Å². The molecule has 2 aromatic carbocycles. The average molecular weight is 359 g/mol. The van der Waals surface area contributed by atoms with Crippen molar-refractivity contribution in [3.63, 3.8) is 0 Å². The molecule has 0 amide bonds. The monoisotopic (exact) mass is 358 g/mol. The minimum absolute atomic E-state index is 0. The molecule has 1 aliphatic rings. The van der Waals surface area contributed by atoms with Crippen LogP contribution in [-0.4, -0.2) is 36.1 Å². The van der Waals surface area contributed by atoms with Crippen molar-refractivity contribution >= 4 is 29.3 Å². The van der Waals surface area contributed by atoms with Gasteiger partial charge in [0.05, 0.1) is 11.2 Å². The Kier molecular flexibility index (Phi) is 5.46. The van der Waals surface area contributed by atoms with Gasteiger partial charge in [-0.15, -0.1) is 12.4 Å². The second-order valence-corrected chi connectivity index (χ2v) is 5.96. The number of fused-ring (bicyclic) bond motifs is 1. The van der Waals surface area contributed by atoms with Gasteiger partial charge < -0.3 is 10.2 Å². The zero-order valence-corrected chi connectivity index (χ0v) is 14.6.